The fourth-order valence-corrected chi connectivity index (χ4v) is 1.35. The Bertz CT molecular complexity index is 273. The van der Waals surface area contributed by atoms with Gasteiger partial charge in [0.25, 0.3) is 0 Å². The normalized spacial score (nSPS) is 16.1. The van der Waals surface area contributed by atoms with Gasteiger partial charge in [-0.3, -0.25) is 4.99 Å². The van der Waals surface area contributed by atoms with Crippen molar-refractivity contribution in [1.82, 2.24) is 0 Å². The average molecular weight is 176 g/mol. The number of allylic oxidation sites excluding steroid dienone is 1. The molecule has 0 fully saturated rings. The maximum atomic E-state index is 4.02. The summed E-state index contributed by atoms with van der Waals surface area (Å²) >= 11 is 0. The van der Waals surface area contributed by atoms with E-state index in [1.807, 2.05) is 18.7 Å². The van der Waals surface area contributed by atoms with Crippen LogP contribution in [0.5, 0.6) is 0 Å². The topological polar surface area (TPSA) is 12.4 Å². The van der Waals surface area contributed by atoms with Gasteiger partial charge < -0.3 is 0 Å². The Balaban J connectivity index is 2.76. The molecule has 1 nitrogen and oxygen atoms in total. The highest BCUT2D eigenvalue weighted by atomic mass is 28.3. The zero-order chi connectivity index (χ0) is 9.03. The molecule has 1 rings (SSSR count). The minimum absolute atomic E-state index is 1.07. The molecule has 0 N–H and O–H groups in total. The van der Waals surface area contributed by atoms with Crippen molar-refractivity contribution >= 4 is 14.3 Å². The number of dihydropyridines is 1. The van der Waals surface area contributed by atoms with Crippen LogP contribution in [0.3, 0.4) is 0 Å². The first-order valence-electron chi connectivity index (χ1n) is 4.09. The van der Waals surface area contributed by atoms with Crippen molar-refractivity contribution in [2.45, 2.75) is 19.6 Å². The monoisotopic (exact) mass is 176 g/mol. The third-order valence-corrected chi connectivity index (χ3v) is 2.34. The first-order chi connectivity index (χ1) is 5.58. The van der Waals surface area contributed by atoms with Gasteiger partial charge in [-0.15, -0.1) is 5.73 Å². The standard InChI is InChI=1S/C10H14NSi/c1-12(2,3)8-6-10-5-4-7-11-9-10/h4-5,7-9H,1-3H3. The van der Waals surface area contributed by atoms with Crippen molar-refractivity contribution < 1.29 is 0 Å². The smallest absolute Gasteiger partial charge is 0.109 e. The summed E-state index contributed by atoms with van der Waals surface area (Å²) in [4.78, 5) is 4.02. The quantitative estimate of drug-likeness (QED) is 0.430. The molecule has 0 saturated heterocycles. The Hall–Kier alpha value is -0.853. The van der Waals surface area contributed by atoms with Crippen LogP contribution >= 0.6 is 0 Å². The summed E-state index contributed by atoms with van der Waals surface area (Å²) in [6.07, 6.45) is 5.73. The molecule has 12 heavy (non-hydrogen) atoms. The molecule has 63 valence electrons. The lowest BCUT2D eigenvalue weighted by Crippen LogP contribution is -2.14. The fourth-order valence-electron chi connectivity index (χ4n) is 0.748. The summed E-state index contributed by atoms with van der Waals surface area (Å²) in [5, 5.41) is 0. The molecule has 0 aromatic carbocycles. The van der Waals surface area contributed by atoms with Crippen LogP contribution in [0.25, 0.3) is 0 Å². The van der Waals surface area contributed by atoms with Gasteiger partial charge >= 0.3 is 0 Å². The Morgan fingerprint density at radius 1 is 1.42 bits per heavy atom. The average Bonchev–Trinajstić information content (AvgIpc) is 2.02. The molecule has 0 unspecified atom stereocenters. The molecule has 1 heterocycles. The first-order valence-corrected chi connectivity index (χ1v) is 7.67. The molecule has 0 aromatic rings. The lowest BCUT2D eigenvalue weighted by molar-refractivity contribution is 1.35. The van der Waals surface area contributed by atoms with Gasteiger partial charge in [0.1, 0.15) is 6.54 Å². The molecule has 0 atom stereocenters. The SMILES string of the molecule is C[Si](C)(C)C=C=C1[CH]N=CC=C1. The van der Waals surface area contributed by atoms with Gasteiger partial charge in [0.15, 0.2) is 0 Å². The molecule has 0 amide bonds. The molecular formula is C10H14NSi. The van der Waals surface area contributed by atoms with Crippen molar-refractivity contribution in [3.05, 3.63) is 35.7 Å². The predicted molar refractivity (Wildman–Crippen MR) is 56.9 cm³/mol. The number of nitrogens with zero attached hydrogens (tertiary/aromatic N) is 1. The van der Waals surface area contributed by atoms with Crippen molar-refractivity contribution in [3.63, 3.8) is 0 Å². The van der Waals surface area contributed by atoms with Gasteiger partial charge in [-0.05, 0) is 12.2 Å². The third kappa shape index (κ3) is 3.51. The second-order valence-corrected chi connectivity index (χ2v) is 8.92. The summed E-state index contributed by atoms with van der Waals surface area (Å²) < 4.78 is 0. The van der Waals surface area contributed by atoms with Crippen molar-refractivity contribution in [3.8, 4) is 0 Å². The maximum absolute atomic E-state index is 4.02. The molecule has 0 spiro atoms. The van der Waals surface area contributed by atoms with Crippen LogP contribution in [-0.4, -0.2) is 14.3 Å². The van der Waals surface area contributed by atoms with Crippen LogP contribution in [0.15, 0.2) is 34.1 Å². The molecule has 0 aliphatic carbocycles. The zero-order valence-corrected chi connectivity index (χ0v) is 8.83. The van der Waals surface area contributed by atoms with Gasteiger partial charge in [0.05, 0.1) is 8.07 Å². The van der Waals surface area contributed by atoms with E-state index in [-0.39, 0.29) is 0 Å². The van der Waals surface area contributed by atoms with E-state index < -0.39 is 8.07 Å². The molecule has 1 radical (unpaired) electrons. The van der Waals surface area contributed by atoms with Crippen molar-refractivity contribution in [2.24, 2.45) is 4.99 Å². The molecule has 2 heteroatoms. The molecule has 0 saturated carbocycles. The van der Waals surface area contributed by atoms with Crippen LogP contribution in [0.2, 0.25) is 19.6 Å². The van der Waals surface area contributed by atoms with Crippen LogP contribution in [-0.2, 0) is 0 Å². The molecule has 0 bridgehead atoms. The minimum atomic E-state index is -1.10. The second-order valence-electron chi connectivity index (χ2n) is 3.90. The summed E-state index contributed by atoms with van der Waals surface area (Å²) in [6.45, 7) is 8.69. The predicted octanol–water partition coefficient (Wildman–Crippen LogP) is 2.75. The Kier molecular flexibility index (Phi) is 2.85. The van der Waals surface area contributed by atoms with Gasteiger partial charge in [-0.25, -0.2) is 0 Å². The minimum Gasteiger partial charge on any atom is -0.282 e. The Morgan fingerprint density at radius 3 is 2.67 bits per heavy atom. The van der Waals surface area contributed by atoms with E-state index in [2.05, 4.69) is 36.1 Å². The largest absolute Gasteiger partial charge is 0.282 e. The highest BCUT2D eigenvalue weighted by Crippen LogP contribution is 2.07. The van der Waals surface area contributed by atoms with Crippen molar-refractivity contribution in [2.75, 3.05) is 0 Å². The van der Waals surface area contributed by atoms with E-state index >= 15 is 0 Å². The molecule has 1 aliphatic rings. The van der Waals surface area contributed by atoms with Gasteiger partial charge in [-0.2, -0.15) is 0 Å². The maximum Gasteiger partial charge on any atom is 0.109 e. The fraction of sp³-hybridized carbons (Fsp3) is 0.300. The second kappa shape index (κ2) is 3.70. The summed E-state index contributed by atoms with van der Waals surface area (Å²) in [7, 11) is -1.10. The van der Waals surface area contributed by atoms with E-state index in [0.29, 0.717) is 0 Å². The highest BCUT2D eigenvalue weighted by molar-refractivity contribution is 6.80. The van der Waals surface area contributed by atoms with Gasteiger partial charge in [-0.1, -0.05) is 25.3 Å². The lowest BCUT2D eigenvalue weighted by atomic mass is 10.2. The summed E-state index contributed by atoms with van der Waals surface area (Å²) in [5.41, 5.74) is 6.53. The summed E-state index contributed by atoms with van der Waals surface area (Å²) in [5.74, 6) is 0. The van der Waals surface area contributed by atoms with Crippen LogP contribution < -0.4 is 0 Å². The molecule has 0 aromatic heterocycles. The van der Waals surface area contributed by atoms with E-state index in [4.69, 9.17) is 0 Å². The van der Waals surface area contributed by atoms with Crippen molar-refractivity contribution in [1.29, 1.82) is 0 Å². The Labute approximate surface area is 75.2 Å². The number of hydrogen-bond acceptors (Lipinski definition) is 1. The van der Waals surface area contributed by atoms with E-state index in [9.17, 15) is 0 Å². The number of aliphatic imine (C=N–C) groups is 1. The summed E-state index contributed by atoms with van der Waals surface area (Å²) in [6, 6.07) is 0. The van der Waals surface area contributed by atoms with Gasteiger partial charge in [0, 0.05) is 11.8 Å². The number of hydrogen-bond donors (Lipinski definition) is 0. The third-order valence-electron chi connectivity index (χ3n) is 1.33. The van der Waals surface area contributed by atoms with Crippen LogP contribution in [0.4, 0.5) is 0 Å². The highest BCUT2D eigenvalue weighted by Gasteiger charge is 2.06. The van der Waals surface area contributed by atoms with E-state index in [0.717, 1.165) is 5.57 Å². The number of rotatable bonds is 1. The van der Waals surface area contributed by atoms with Crippen LogP contribution in [0, 0.1) is 6.54 Å². The lowest BCUT2D eigenvalue weighted by Gasteiger charge is -2.05. The first kappa shape index (κ1) is 9.24. The zero-order valence-electron chi connectivity index (χ0n) is 7.83. The molecular weight excluding hydrogens is 162 g/mol. The van der Waals surface area contributed by atoms with E-state index in [1.165, 1.54) is 0 Å². The molecule has 1 aliphatic heterocycles. The van der Waals surface area contributed by atoms with Crippen LogP contribution in [0.1, 0.15) is 0 Å². The van der Waals surface area contributed by atoms with Gasteiger partial charge in [0.2, 0.25) is 0 Å². The Morgan fingerprint density at radius 2 is 2.17 bits per heavy atom. The van der Waals surface area contributed by atoms with E-state index in [1.54, 1.807) is 6.21 Å².